The second kappa shape index (κ2) is 10.1. The van der Waals surface area contributed by atoms with Gasteiger partial charge in [0.05, 0.1) is 0 Å². The Morgan fingerprint density at radius 2 is 1.77 bits per heavy atom. The number of nitrogens with one attached hydrogen (secondary N) is 2. The Bertz CT molecular complexity index is 890. The third-order valence-electron chi connectivity index (χ3n) is 5.17. The number of nitrogens with zero attached hydrogens (tertiary/aromatic N) is 1. The molecule has 8 heteroatoms. The summed E-state index contributed by atoms with van der Waals surface area (Å²) in [5, 5.41) is 5.40. The van der Waals surface area contributed by atoms with E-state index in [-0.39, 0.29) is 42.2 Å². The van der Waals surface area contributed by atoms with Crippen molar-refractivity contribution >= 4 is 17.6 Å². The van der Waals surface area contributed by atoms with Crippen LogP contribution in [0.25, 0.3) is 0 Å². The fourth-order valence-electron chi connectivity index (χ4n) is 3.50. The zero-order chi connectivity index (χ0) is 21.5. The summed E-state index contributed by atoms with van der Waals surface area (Å²) < 4.78 is 39.5. The number of carbonyl (C=O) groups is 2. The van der Waals surface area contributed by atoms with Crippen LogP contribution in [0.2, 0.25) is 0 Å². The van der Waals surface area contributed by atoms with Crippen LogP contribution >= 0.6 is 0 Å². The van der Waals surface area contributed by atoms with Crippen LogP contribution in [-0.4, -0.2) is 29.9 Å². The van der Waals surface area contributed by atoms with E-state index in [0.717, 1.165) is 25.0 Å². The average Bonchev–Trinajstić information content (AvgIpc) is 2.73. The van der Waals surface area contributed by atoms with Crippen LogP contribution in [0.4, 0.5) is 23.7 Å². The van der Waals surface area contributed by atoms with Gasteiger partial charge in [-0.1, -0.05) is 6.07 Å². The topological polar surface area (TPSA) is 61.4 Å². The number of benzene rings is 2. The summed E-state index contributed by atoms with van der Waals surface area (Å²) in [6, 6.07) is 8.57. The second-order valence-electron chi connectivity index (χ2n) is 7.44. The SMILES string of the molecule is O=C(CC[C@H]1CCCN(C(=O)Nc2ccc(F)cc2)C1)NCc1ccc(F)cc1F. The number of halogens is 3. The summed E-state index contributed by atoms with van der Waals surface area (Å²) in [5.74, 6) is -1.75. The van der Waals surface area contributed by atoms with Crippen LogP contribution in [0.5, 0.6) is 0 Å². The van der Waals surface area contributed by atoms with Gasteiger partial charge < -0.3 is 15.5 Å². The first kappa shape index (κ1) is 21.7. The Balaban J connectivity index is 1.42. The molecule has 1 atom stereocenters. The van der Waals surface area contributed by atoms with Gasteiger partial charge in [0.15, 0.2) is 0 Å². The van der Waals surface area contributed by atoms with Gasteiger partial charge >= 0.3 is 6.03 Å². The zero-order valence-electron chi connectivity index (χ0n) is 16.5. The lowest BCUT2D eigenvalue weighted by molar-refractivity contribution is -0.121. The Morgan fingerprint density at radius 1 is 1.03 bits per heavy atom. The molecule has 0 bridgehead atoms. The normalized spacial score (nSPS) is 16.2. The molecule has 1 aliphatic rings. The molecular weight excluding hydrogens is 395 g/mol. The number of carbonyl (C=O) groups excluding carboxylic acids is 2. The minimum Gasteiger partial charge on any atom is -0.352 e. The predicted octanol–water partition coefficient (Wildman–Crippen LogP) is 4.44. The van der Waals surface area contributed by atoms with E-state index in [1.165, 1.54) is 30.3 Å². The Kier molecular flexibility index (Phi) is 7.32. The van der Waals surface area contributed by atoms with Gasteiger partial charge in [0.1, 0.15) is 17.5 Å². The molecule has 3 rings (SSSR count). The van der Waals surface area contributed by atoms with Crippen molar-refractivity contribution < 1.29 is 22.8 Å². The molecule has 0 spiro atoms. The molecule has 1 fully saturated rings. The summed E-state index contributed by atoms with van der Waals surface area (Å²) in [6.07, 6.45) is 2.63. The van der Waals surface area contributed by atoms with Crippen LogP contribution in [-0.2, 0) is 11.3 Å². The zero-order valence-corrected chi connectivity index (χ0v) is 16.5. The van der Waals surface area contributed by atoms with Gasteiger partial charge in [0.2, 0.25) is 5.91 Å². The lowest BCUT2D eigenvalue weighted by atomic mass is 9.93. The highest BCUT2D eigenvalue weighted by Gasteiger charge is 2.24. The van der Waals surface area contributed by atoms with Gasteiger partial charge in [-0.25, -0.2) is 18.0 Å². The quantitative estimate of drug-likeness (QED) is 0.727. The molecule has 3 amide bonds. The van der Waals surface area contributed by atoms with Crippen LogP contribution < -0.4 is 10.6 Å². The Labute approximate surface area is 173 Å². The predicted molar refractivity (Wildman–Crippen MR) is 107 cm³/mol. The van der Waals surface area contributed by atoms with Crippen molar-refractivity contribution in [3.63, 3.8) is 0 Å². The molecule has 0 aromatic heterocycles. The van der Waals surface area contributed by atoms with E-state index in [4.69, 9.17) is 0 Å². The largest absolute Gasteiger partial charge is 0.352 e. The smallest absolute Gasteiger partial charge is 0.321 e. The fraction of sp³-hybridized carbons (Fsp3) is 0.364. The molecule has 2 aromatic carbocycles. The molecule has 0 saturated carbocycles. The number of likely N-dealkylation sites (tertiary alicyclic amines) is 1. The molecule has 30 heavy (non-hydrogen) atoms. The minimum atomic E-state index is -0.689. The van der Waals surface area contributed by atoms with Crippen LogP contribution in [0.1, 0.15) is 31.2 Å². The third kappa shape index (κ3) is 6.23. The van der Waals surface area contributed by atoms with Crippen molar-refractivity contribution in [2.75, 3.05) is 18.4 Å². The van der Waals surface area contributed by atoms with Crippen LogP contribution in [0.3, 0.4) is 0 Å². The maximum Gasteiger partial charge on any atom is 0.321 e. The van der Waals surface area contributed by atoms with E-state index in [1.54, 1.807) is 4.90 Å². The van der Waals surface area contributed by atoms with Crippen molar-refractivity contribution in [2.45, 2.75) is 32.2 Å². The first-order valence-corrected chi connectivity index (χ1v) is 9.93. The highest BCUT2D eigenvalue weighted by molar-refractivity contribution is 5.89. The molecule has 0 radical (unpaired) electrons. The molecule has 5 nitrogen and oxygen atoms in total. The van der Waals surface area contributed by atoms with Gasteiger partial charge in [0, 0.05) is 43.4 Å². The molecular formula is C22H24F3N3O2. The van der Waals surface area contributed by atoms with Crippen molar-refractivity contribution in [3.05, 3.63) is 65.5 Å². The maximum atomic E-state index is 13.6. The first-order valence-electron chi connectivity index (χ1n) is 9.93. The lowest BCUT2D eigenvalue weighted by Crippen LogP contribution is -2.42. The number of rotatable bonds is 6. The molecule has 1 aliphatic heterocycles. The summed E-state index contributed by atoms with van der Waals surface area (Å²) in [5.41, 5.74) is 0.752. The first-order chi connectivity index (χ1) is 14.4. The summed E-state index contributed by atoms with van der Waals surface area (Å²) in [4.78, 5) is 26.2. The molecule has 1 heterocycles. The molecule has 1 saturated heterocycles. The van der Waals surface area contributed by atoms with E-state index in [1.807, 2.05) is 0 Å². The molecule has 160 valence electrons. The number of amides is 3. The summed E-state index contributed by atoms with van der Waals surface area (Å²) in [7, 11) is 0. The average molecular weight is 419 g/mol. The van der Waals surface area contributed by atoms with Crippen LogP contribution in [0, 0.1) is 23.4 Å². The van der Waals surface area contributed by atoms with E-state index < -0.39 is 11.6 Å². The van der Waals surface area contributed by atoms with Gasteiger partial charge in [-0.2, -0.15) is 0 Å². The lowest BCUT2D eigenvalue weighted by Gasteiger charge is -2.32. The molecule has 2 N–H and O–H groups in total. The molecule has 0 unspecified atom stereocenters. The summed E-state index contributed by atoms with van der Waals surface area (Å²) in [6.45, 7) is 1.16. The highest BCUT2D eigenvalue weighted by atomic mass is 19.1. The number of piperidine rings is 1. The fourth-order valence-corrected chi connectivity index (χ4v) is 3.50. The van der Waals surface area contributed by atoms with Gasteiger partial charge in [0.25, 0.3) is 0 Å². The van der Waals surface area contributed by atoms with Gasteiger partial charge in [-0.3, -0.25) is 4.79 Å². The number of hydrogen-bond acceptors (Lipinski definition) is 2. The summed E-state index contributed by atoms with van der Waals surface area (Å²) >= 11 is 0. The van der Waals surface area contributed by atoms with E-state index in [9.17, 15) is 22.8 Å². The maximum absolute atomic E-state index is 13.6. The van der Waals surface area contributed by atoms with E-state index in [0.29, 0.717) is 25.2 Å². The Morgan fingerprint density at radius 3 is 2.50 bits per heavy atom. The van der Waals surface area contributed by atoms with E-state index in [2.05, 4.69) is 10.6 Å². The third-order valence-corrected chi connectivity index (χ3v) is 5.17. The molecule has 0 aliphatic carbocycles. The van der Waals surface area contributed by atoms with Crippen molar-refractivity contribution in [1.82, 2.24) is 10.2 Å². The second-order valence-corrected chi connectivity index (χ2v) is 7.44. The standard InChI is InChI=1S/C22H24F3N3O2/c23-17-6-8-19(9-7-17)27-22(30)28-11-1-2-15(14-28)3-10-21(29)26-13-16-4-5-18(24)12-20(16)25/h4-9,12,15H,1-3,10-11,13-14H2,(H,26,29)(H,27,30)/t15-/m1/s1. The minimum absolute atomic E-state index is 0.00180. The number of hydrogen-bond donors (Lipinski definition) is 2. The van der Waals surface area contributed by atoms with Crippen molar-refractivity contribution in [1.29, 1.82) is 0 Å². The van der Waals surface area contributed by atoms with E-state index >= 15 is 0 Å². The number of anilines is 1. The van der Waals surface area contributed by atoms with Crippen molar-refractivity contribution in [3.8, 4) is 0 Å². The van der Waals surface area contributed by atoms with Crippen molar-refractivity contribution in [2.24, 2.45) is 5.92 Å². The van der Waals surface area contributed by atoms with Gasteiger partial charge in [-0.15, -0.1) is 0 Å². The van der Waals surface area contributed by atoms with Gasteiger partial charge in [-0.05, 0) is 55.5 Å². The number of urea groups is 1. The Hall–Kier alpha value is -3.03. The monoisotopic (exact) mass is 419 g/mol. The van der Waals surface area contributed by atoms with Crippen LogP contribution in [0.15, 0.2) is 42.5 Å². The highest BCUT2D eigenvalue weighted by Crippen LogP contribution is 2.22. The molecule has 2 aromatic rings.